The zero-order valence-electron chi connectivity index (χ0n) is 12.9. The highest BCUT2D eigenvalue weighted by Gasteiger charge is 2.11. The number of aliphatic hydroxyl groups excluding tert-OH is 1. The van der Waals surface area contributed by atoms with E-state index >= 15 is 0 Å². The molecule has 3 nitrogen and oxygen atoms in total. The molecule has 0 bridgehead atoms. The summed E-state index contributed by atoms with van der Waals surface area (Å²) in [5.41, 5.74) is 2.21. The minimum Gasteiger partial charge on any atom is -0.490 e. The number of benzene rings is 1. The SMILES string of the molecule is CCC(O)COc1c(C)cc(Br)cc1CNCC(C)C. The summed E-state index contributed by atoms with van der Waals surface area (Å²) in [4.78, 5) is 0. The minimum atomic E-state index is -0.408. The number of hydrogen-bond acceptors (Lipinski definition) is 3. The van der Waals surface area contributed by atoms with Crippen molar-refractivity contribution in [3.05, 3.63) is 27.7 Å². The van der Waals surface area contributed by atoms with E-state index in [4.69, 9.17) is 4.74 Å². The molecule has 0 aliphatic heterocycles. The third kappa shape index (κ3) is 5.81. The molecule has 20 heavy (non-hydrogen) atoms. The average Bonchev–Trinajstić information content (AvgIpc) is 2.36. The fourth-order valence-electron chi connectivity index (χ4n) is 1.93. The maximum atomic E-state index is 9.65. The van der Waals surface area contributed by atoms with Crippen molar-refractivity contribution in [3.63, 3.8) is 0 Å². The smallest absolute Gasteiger partial charge is 0.126 e. The number of aryl methyl sites for hydroxylation is 1. The highest BCUT2D eigenvalue weighted by Crippen LogP contribution is 2.28. The van der Waals surface area contributed by atoms with Gasteiger partial charge in [-0.3, -0.25) is 0 Å². The molecule has 0 fully saturated rings. The fourth-order valence-corrected chi connectivity index (χ4v) is 2.55. The molecule has 0 saturated heterocycles. The Morgan fingerprint density at radius 2 is 2.05 bits per heavy atom. The van der Waals surface area contributed by atoms with E-state index in [1.165, 1.54) is 0 Å². The average molecular weight is 344 g/mol. The summed E-state index contributed by atoms with van der Waals surface area (Å²) in [7, 11) is 0. The molecule has 0 amide bonds. The van der Waals surface area contributed by atoms with Crippen LogP contribution in [0.3, 0.4) is 0 Å². The van der Waals surface area contributed by atoms with Crippen LogP contribution in [0.2, 0.25) is 0 Å². The van der Waals surface area contributed by atoms with E-state index in [1.54, 1.807) is 0 Å². The second kappa shape index (κ2) is 8.65. The standard InChI is InChI=1S/C16H26BrNO2/c1-5-15(19)10-20-16-12(4)6-14(17)7-13(16)9-18-8-11(2)3/h6-7,11,15,18-19H,5,8-10H2,1-4H3. The van der Waals surface area contributed by atoms with Gasteiger partial charge >= 0.3 is 0 Å². The molecule has 0 aromatic heterocycles. The molecule has 1 aromatic carbocycles. The van der Waals surface area contributed by atoms with Gasteiger partial charge < -0.3 is 15.2 Å². The van der Waals surface area contributed by atoms with Crippen LogP contribution in [0.4, 0.5) is 0 Å². The first-order valence-corrected chi connectivity index (χ1v) is 8.03. The van der Waals surface area contributed by atoms with Crippen LogP contribution in [0.5, 0.6) is 5.75 Å². The molecule has 0 heterocycles. The molecular formula is C16H26BrNO2. The molecule has 0 saturated carbocycles. The summed E-state index contributed by atoms with van der Waals surface area (Å²) in [5.74, 6) is 1.51. The van der Waals surface area contributed by atoms with Crippen LogP contribution in [-0.2, 0) is 6.54 Å². The van der Waals surface area contributed by atoms with Crippen molar-refractivity contribution < 1.29 is 9.84 Å². The van der Waals surface area contributed by atoms with Gasteiger partial charge in [0.1, 0.15) is 12.4 Å². The Kier molecular flexibility index (Phi) is 7.56. The van der Waals surface area contributed by atoms with Crippen LogP contribution in [0, 0.1) is 12.8 Å². The Hall–Kier alpha value is -0.580. The summed E-state index contributed by atoms with van der Waals surface area (Å²) in [6.45, 7) is 10.5. The van der Waals surface area contributed by atoms with E-state index in [1.807, 2.05) is 19.9 Å². The monoisotopic (exact) mass is 343 g/mol. The molecule has 0 aliphatic carbocycles. The normalized spacial score (nSPS) is 12.8. The van der Waals surface area contributed by atoms with Crippen LogP contribution >= 0.6 is 15.9 Å². The van der Waals surface area contributed by atoms with Gasteiger partial charge in [0.2, 0.25) is 0 Å². The van der Waals surface area contributed by atoms with Crippen molar-refractivity contribution in [1.82, 2.24) is 5.32 Å². The van der Waals surface area contributed by atoms with E-state index in [2.05, 4.69) is 41.2 Å². The molecule has 0 aliphatic rings. The zero-order chi connectivity index (χ0) is 15.1. The van der Waals surface area contributed by atoms with Crippen LogP contribution in [-0.4, -0.2) is 24.4 Å². The summed E-state index contributed by atoms with van der Waals surface area (Å²) >= 11 is 3.53. The number of aliphatic hydroxyl groups is 1. The third-order valence-electron chi connectivity index (χ3n) is 3.08. The van der Waals surface area contributed by atoms with Crippen LogP contribution in [0.15, 0.2) is 16.6 Å². The lowest BCUT2D eigenvalue weighted by molar-refractivity contribution is 0.103. The largest absolute Gasteiger partial charge is 0.490 e. The molecule has 1 atom stereocenters. The predicted molar refractivity (Wildman–Crippen MR) is 87.2 cm³/mol. The first-order valence-electron chi connectivity index (χ1n) is 7.24. The van der Waals surface area contributed by atoms with Crippen LogP contribution in [0.25, 0.3) is 0 Å². The Morgan fingerprint density at radius 1 is 1.35 bits per heavy atom. The molecule has 4 heteroatoms. The van der Waals surface area contributed by atoms with E-state index in [9.17, 15) is 5.11 Å². The second-order valence-electron chi connectivity index (χ2n) is 5.61. The predicted octanol–water partition coefficient (Wildman–Crippen LogP) is 3.65. The number of rotatable bonds is 8. The van der Waals surface area contributed by atoms with Gasteiger partial charge in [-0.2, -0.15) is 0 Å². The lowest BCUT2D eigenvalue weighted by atomic mass is 10.1. The quantitative estimate of drug-likeness (QED) is 0.756. The Labute approximate surface area is 130 Å². The van der Waals surface area contributed by atoms with E-state index in [0.717, 1.165) is 34.4 Å². The van der Waals surface area contributed by atoms with Crippen molar-refractivity contribution in [2.24, 2.45) is 5.92 Å². The Morgan fingerprint density at radius 3 is 2.65 bits per heavy atom. The maximum absolute atomic E-state index is 9.65. The van der Waals surface area contributed by atoms with Crippen molar-refractivity contribution in [1.29, 1.82) is 0 Å². The Bertz CT molecular complexity index is 421. The van der Waals surface area contributed by atoms with Gasteiger partial charge in [-0.1, -0.05) is 36.7 Å². The first kappa shape index (κ1) is 17.5. The van der Waals surface area contributed by atoms with Gasteiger partial charge in [-0.25, -0.2) is 0 Å². The molecular weight excluding hydrogens is 318 g/mol. The number of halogens is 1. The fraction of sp³-hybridized carbons (Fsp3) is 0.625. The van der Waals surface area contributed by atoms with Crippen LogP contribution < -0.4 is 10.1 Å². The van der Waals surface area contributed by atoms with Crippen molar-refractivity contribution in [2.75, 3.05) is 13.2 Å². The van der Waals surface area contributed by atoms with E-state index in [0.29, 0.717) is 18.9 Å². The first-order chi connectivity index (χ1) is 9.43. The van der Waals surface area contributed by atoms with Crippen molar-refractivity contribution in [2.45, 2.75) is 46.8 Å². The lowest BCUT2D eigenvalue weighted by Gasteiger charge is -2.17. The number of ether oxygens (including phenoxy) is 1. The number of nitrogens with one attached hydrogen (secondary N) is 1. The summed E-state index contributed by atoms with van der Waals surface area (Å²) in [5, 5.41) is 13.1. The molecule has 0 spiro atoms. The zero-order valence-corrected chi connectivity index (χ0v) is 14.5. The molecule has 2 N–H and O–H groups in total. The highest BCUT2D eigenvalue weighted by atomic mass is 79.9. The van der Waals surface area contributed by atoms with Gasteiger partial charge in [0.05, 0.1) is 6.10 Å². The summed E-state index contributed by atoms with van der Waals surface area (Å²) in [6, 6.07) is 4.12. The van der Waals surface area contributed by atoms with Crippen LogP contribution in [0.1, 0.15) is 38.3 Å². The third-order valence-corrected chi connectivity index (χ3v) is 3.53. The number of hydrogen-bond donors (Lipinski definition) is 2. The minimum absolute atomic E-state index is 0.343. The topological polar surface area (TPSA) is 41.5 Å². The van der Waals surface area contributed by atoms with Gasteiger partial charge in [-0.15, -0.1) is 0 Å². The van der Waals surface area contributed by atoms with E-state index < -0.39 is 6.10 Å². The lowest BCUT2D eigenvalue weighted by Crippen LogP contribution is -2.21. The van der Waals surface area contributed by atoms with Gasteiger partial charge in [0.25, 0.3) is 0 Å². The maximum Gasteiger partial charge on any atom is 0.126 e. The van der Waals surface area contributed by atoms with Crippen molar-refractivity contribution in [3.8, 4) is 5.75 Å². The molecule has 1 rings (SSSR count). The van der Waals surface area contributed by atoms with Gasteiger partial charge in [-0.05, 0) is 43.5 Å². The Balaban J connectivity index is 2.78. The molecule has 0 radical (unpaired) electrons. The van der Waals surface area contributed by atoms with Gasteiger partial charge in [0.15, 0.2) is 0 Å². The molecule has 1 unspecified atom stereocenters. The van der Waals surface area contributed by atoms with Gasteiger partial charge in [0, 0.05) is 16.6 Å². The highest BCUT2D eigenvalue weighted by molar-refractivity contribution is 9.10. The van der Waals surface area contributed by atoms with Crippen molar-refractivity contribution >= 4 is 15.9 Å². The summed E-state index contributed by atoms with van der Waals surface area (Å²) in [6.07, 6.45) is 0.297. The summed E-state index contributed by atoms with van der Waals surface area (Å²) < 4.78 is 6.88. The molecule has 1 aromatic rings. The molecule has 114 valence electrons. The second-order valence-corrected chi connectivity index (χ2v) is 6.52. The van der Waals surface area contributed by atoms with E-state index in [-0.39, 0.29) is 0 Å².